The lowest BCUT2D eigenvalue weighted by Gasteiger charge is -2.49. The first kappa shape index (κ1) is 18.0. The molecular weight excluding hydrogens is 366 g/mol. The highest BCUT2D eigenvalue weighted by Crippen LogP contribution is 2.40. The average molecular weight is 381 g/mol. The van der Waals surface area contributed by atoms with E-state index < -0.39 is 35.8 Å². The van der Waals surface area contributed by atoms with E-state index in [-0.39, 0.29) is 28.5 Å². The van der Waals surface area contributed by atoms with Crippen molar-refractivity contribution in [3.63, 3.8) is 0 Å². The number of carbonyl (C=O) groups is 3. The van der Waals surface area contributed by atoms with Gasteiger partial charge in [-0.2, -0.15) is 0 Å². The molecule has 0 saturated carbocycles. The first-order valence-electron chi connectivity index (χ1n) is 7.46. The number of carboxylic acid groups (broad SMARTS) is 1. The minimum Gasteiger partial charge on any atom is -0.477 e. The van der Waals surface area contributed by atoms with E-state index >= 15 is 0 Å². The van der Waals surface area contributed by atoms with Crippen LogP contribution in [0.15, 0.2) is 39.2 Å². The molecule has 2 atom stereocenters. The second-order valence-electron chi connectivity index (χ2n) is 5.38. The van der Waals surface area contributed by atoms with E-state index in [9.17, 15) is 24.6 Å². The Kier molecular flexibility index (Phi) is 5.00. The number of fused-ring (bicyclic) bond motifs is 1. The Labute approximate surface area is 151 Å². The zero-order valence-corrected chi connectivity index (χ0v) is 14.4. The van der Waals surface area contributed by atoms with Crippen molar-refractivity contribution >= 4 is 35.3 Å². The number of carbonyl (C=O) groups excluding carboxylic acids is 2. The van der Waals surface area contributed by atoms with Crippen LogP contribution in [0.1, 0.15) is 5.76 Å². The van der Waals surface area contributed by atoms with Gasteiger partial charge in [-0.15, -0.1) is 11.8 Å². The van der Waals surface area contributed by atoms with Crippen LogP contribution in [-0.2, 0) is 19.2 Å². The van der Waals surface area contributed by atoms with Gasteiger partial charge >= 0.3 is 5.97 Å². The summed E-state index contributed by atoms with van der Waals surface area (Å²) in [5.74, 6) is -2.15. The number of oxime groups is 1. The van der Waals surface area contributed by atoms with E-state index in [0.717, 1.165) is 4.90 Å². The standard InChI is InChI=1S/C15H15N3O7S/c1-24-17-9(8-3-2-4-25-8)12(20)16-10-13(21)18-11(15(22)23)7(5-19)6-26-14(10)18/h2-4,10,14,19H,5-6H2,1H3,(H,16,20)(H,22,23). The highest BCUT2D eigenvalue weighted by Gasteiger charge is 2.54. The molecule has 1 saturated heterocycles. The number of amides is 2. The molecule has 3 rings (SSSR count). The molecule has 0 radical (unpaired) electrons. The number of aliphatic carboxylic acids is 1. The van der Waals surface area contributed by atoms with E-state index in [1.54, 1.807) is 6.07 Å². The van der Waals surface area contributed by atoms with E-state index in [0.29, 0.717) is 0 Å². The largest absolute Gasteiger partial charge is 0.477 e. The van der Waals surface area contributed by atoms with E-state index in [1.165, 1.54) is 31.2 Å². The van der Waals surface area contributed by atoms with Gasteiger partial charge in [0.15, 0.2) is 5.76 Å². The first-order valence-corrected chi connectivity index (χ1v) is 8.51. The highest BCUT2D eigenvalue weighted by atomic mass is 32.2. The van der Waals surface area contributed by atoms with Gasteiger partial charge in [-0.1, -0.05) is 5.16 Å². The number of hydrogen-bond acceptors (Lipinski definition) is 8. The Morgan fingerprint density at radius 1 is 1.54 bits per heavy atom. The van der Waals surface area contributed by atoms with Crippen LogP contribution in [0.2, 0.25) is 0 Å². The van der Waals surface area contributed by atoms with Gasteiger partial charge < -0.3 is 24.8 Å². The molecule has 0 spiro atoms. The second-order valence-corrected chi connectivity index (χ2v) is 6.48. The van der Waals surface area contributed by atoms with Gasteiger partial charge in [0, 0.05) is 5.75 Å². The van der Waals surface area contributed by atoms with Gasteiger partial charge in [-0.25, -0.2) is 4.79 Å². The van der Waals surface area contributed by atoms with Crippen LogP contribution in [0, 0.1) is 0 Å². The van der Waals surface area contributed by atoms with Crippen molar-refractivity contribution in [2.24, 2.45) is 5.16 Å². The molecule has 0 aromatic carbocycles. The van der Waals surface area contributed by atoms with Crippen LogP contribution >= 0.6 is 11.8 Å². The summed E-state index contributed by atoms with van der Waals surface area (Å²) in [5.41, 5.74) is -0.118. The number of nitrogens with one attached hydrogen (secondary N) is 1. The van der Waals surface area contributed by atoms with Crippen LogP contribution in [0.4, 0.5) is 0 Å². The van der Waals surface area contributed by atoms with Gasteiger partial charge in [0.25, 0.3) is 11.8 Å². The summed E-state index contributed by atoms with van der Waals surface area (Å²) >= 11 is 1.26. The number of thioether (sulfide) groups is 1. The molecule has 138 valence electrons. The van der Waals surface area contributed by atoms with Gasteiger partial charge in [0.1, 0.15) is 24.2 Å². The highest BCUT2D eigenvalue weighted by molar-refractivity contribution is 8.00. The Bertz CT molecular complexity index is 802. The SMILES string of the molecule is CON=C(C(=O)NC1C(=O)N2C(C(=O)O)=C(CO)CSC12)c1ccco1. The number of hydrogen-bond donors (Lipinski definition) is 3. The third kappa shape index (κ3) is 2.95. The van der Waals surface area contributed by atoms with Gasteiger partial charge in [-0.3, -0.25) is 14.5 Å². The fraction of sp³-hybridized carbons (Fsp3) is 0.333. The molecule has 2 aliphatic rings. The molecule has 26 heavy (non-hydrogen) atoms. The molecule has 0 aliphatic carbocycles. The van der Waals surface area contributed by atoms with Crippen molar-refractivity contribution in [1.82, 2.24) is 10.2 Å². The Hall–Kier alpha value is -2.79. The smallest absolute Gasteiger partial charge is 0.352 e. The molecule has 2 unspecified atom stereocenters. The molecule has 2 amide bonds. The number of carboxylic acids is 1. The number of furan rings is 1. The van der Waals surface area contributed by atoms with Crippen molar-refractivity contribution in [3.05, 3.63) is 35.4 Å². The maximum atomic E-state index is 12.5. The number of aliphatic hydroxyl groups is 1. The van der Waals surface area contributed by atoms with E-state index in [1.807, 2.05) is 0 Å². The Balaban J connectivity index is 1.78. The monoisotopic (exact) mass is 381 g/mol. The number of nitrogens with zero attached hydrogens (tertiary/aromatic N) is 2. The van der Waals surface area contributed by atoms with Crippen molar-refractivity contribution in [3.8, 4) is 0 Å². The molecule has 1 fully saturated rings. The van der Waals surface area contributed by atoms with Crippen LogP contribution < -0.4 is 5.32 Å². The lowest BCUT2D eigenvalue weighted by molar-refractivity contribution is -0.150. The van der Waals surface area contributed by atoms with E-state index in [2.05, 4.69) is 15.3 Å². The average Bonchev–Trinajstić information content (AvgIpc) is 3.16. The summed E-state index contributed by atoms with van der Waals surface area (Å²) in [6.07, 6.45) is 1.36. The van der Waals surface area contributed by atoms with E-state index in [4.69, 9.17) is 4.42 Å². The Morgan fingerprint density at radius 2 is 2.31 bits per heavy atom. The molecular formula is C15H15N3O7S. The lowest BCUT2D eigenvalue weighted by atomic mass is 10.0. The number of aliphatic hydroxyl groups excluding tert-OH is 1. The minimum atomic E-state index is -1.30. The maximum absolute atomic E-state index is 12.5. The van der Waals surface area contributed by atoms with Crippen LogP contribution in [0.25, 0.3) is 0 Å². The summed E-state index contributed by atoms with van der Waals surface area (Å²) in [6.45, 7) is -0.453. The third-order valence-electron chi connectivity index (χ3n) is 3.88. The van der Waals surface area contributed by atoms with Gasteiger partial charge in [-0.05, 0) is 17.7 Å². The summed E-state index contributed by atoms with van der Waals surface area (Å²) in [6, 6.07) is 2.17. The van der Waals surface area contributed by atoms with Crippen molar-refractivity contribution in [2.45, 2.75) is 11.4 Å². The molecule has 3 N–H and O–H groups in total. The summed E-state index contributed by atoms with van der Waals surface area (Å²) in [7, 11) is 1.27. The zero-order chi connectivity index (χ0) is 18.8. The first-order chi connectivity index (χ1) is 12.5. The van der Waals surface area contributed by atoms with Crippen molar-refractivity contribution < 1.29 is 33.9 Å². The van der Waals surface area contributed by atoms with Crippen LogP contribution in [0.3, 0.4) is 0 Å². The molecule has 1 aromatic heterocycles. The Morgan fingerprint density at radius 3 is 2.88 bits per heavy atom. The molecule has 3 heterocycles. The van der Waals surface area contributed by atoms with Crippen molar-refractivity contribution in [2.75, 3.05) is 19.5 Å². The quantitative estimate of drug-likeness (QED) is 0.336. The minimum absolute atomic E-state index is 0.144. The van der Waals surface area contributed by atoms with Gasteiger partial charge in [0.05, 0.1) is 12.9 Å². The summed E-state index contributed by atoms with van der Waals surface area (Å²) in [5, 5.41) is 24.2. The molecule has 10 nitrogen and oxygen atoms in total. The second kappa shape index (κ2) is 7.22. The third-order valence-corrected chi connectivity index (χ3v) is 5.22. The lowest BCUT2D eigenvalue weighted by Crippen LogP contribution is -2.71. The summed E-state index contributed by atoms with van der Waals surface area (Å²) in [4.78, 5) is 42.0. The number of β-lactam (4-membered cyclic amide) rings is 1. The molecule has 1 aromatic rings. The fourth-order valence-electron chi connectivity index (χ4n) is 2.72. The van der Waals surface area contributed by atoms with Gasteiger partial charge in [0.2, 0.25) is 5.71 Å². The predicted molar refractivity (Wildman–Crippen MR) is 89.0 cm³/mol. The van der Waals surface area contributed by atoms with Crippen molar-refractivity contribution in [1.29, 1.82) is 0 Å². The maximum Gasteiger partial charge on any atom is 0.352 e. The fourth-order valence-corrected chi connectivity index (χ4v) is 4.05. The number of rotatable bonds is 6. The molecule has 2 aliphatic heterocycles. The molecule has 11 heteroatoms. The zero-order valence-electron chi connectivity index (χ0n) is 13.5. The normalized spacial score (nSPS) is 22.6. The summed E-state index contributed by atoms with van der Waals surface area (Å²) < 4.78 is 5.13. The predicted octanol–water partition coefficient (Wildman–Crippen LogP) is -0.639. The molecule has 0 bridgehead atoms. The van der Waals surface area contributed by atoms with Crippen LogP contribution in [-0.4, -0.2) is 69.5 Å². The topological polar surface area (TPSA) is 142 Å². The van der Waals surface area contributed by atoms with Crippen LogP contribution in [0.5, 0.6) is 0 Å².